The lowest BCUT2D eigenvalue weighted by atomic mass is 10.1. The summed E-state index contributed by atoms with van der Waals surface area (Å²) in [6.07, 6.45) is 0.615. The number of rotatable bonds is 1. The largest absolute Gasteiger partial charge is 0.283 e. The highest BCUT2D eigenvalue weighted by Crippen LogP contribution is 2.23. The molecule has 1 aliphatic rings. The maximum Gasteiger partial charge on any atom is 0.242 e. The van der Waals surface area contributed by atoms with Crippen LogP contribution in [0.15, 0.2) is 18.2 Å². The quantitative estimate of drug-likeness (QED) is 0.697. The molecule has 1 aliphatic heterocycles. The van der Waals surface area contributed by atoms with Crippen LogP contribution in [0.4, 0.5) is 5.69 Å². The van der Waals surface area contributed by atoms with Crippen molar-refractivity contribution in [1.29, 1.82) is 0 Å². The van der Waals surface area contributed by atoms with Gasteiger partial charge in [-0.3, -0.25) is 14.8 Å². The minimum Gasteiger partial charge on any atom is -0.283 e. The maximum atomic E-state index is 11.4. The summed E-state index contributed by atoms with van der Waals surface area (Å²) in [5.41, 5.74) is 3.65. The van der Waals surface area contributed by atoms with E-state index >= 15 is 0 Å². The summed E-state index contributed by atoms with van der Waals surface area (Å²) in [6, 6.07) is 6.29. The summed E-state index contributed by atoms with van der Waals surface area (Å²) in [5.74, 6) is 0.188. The second-order valence-corrected chi connectivity index (χ2v) is 4.06. The van der Waals surface area contributed by atoms with Crippen molar-refractivity contribution in [2.45, 2.75) is 20.3 Å². The molecule has 1 fully saturated rings. The first kappa shape index (κ1) is 10.0. The van der Waals surface area contributed by atoms with Crippen LogP contribution < -0.4 is 5.01 Å². The molecule has 2 rings (SSSR count). The molecule has 1 aromatic rings. The molecule has 0 unspecified atom stereocenters. The molecule has 15 heavy (non-hydrogen) atoms. The summed E-state index contributed by atoms with van der Waals surface area (Å²) in [4.78, 5) is 11.4. The number of carbonyl (C=O) groups is 1. The third-order valence-corrected chi connectivity index (χ3v) is 3.05. The highest BCUT2D eigenvalue weighted by atomic mass is 16.2. The second kappa shape index (κ2) is 3.57. The molecule has 1 saturated heterocycles. The van der Waals surface area contributed by atoms with Gasteiger partial charge in [0.15, 0.2) is 0 Å². The Bertz CT molecular complexity index is 401. The van der Waals surface area contributed by atoms with Gasteiger partial charge in [0.1, 0.15) is 0 Å². The number of aryl methyl sites for hydroxylation is 2. The minimum absolute atomic E-state index is 0.188. The van der Waals surface area contributed by atoms with E-state index < -0.39 is 0 Å². The monoisotopic (exact) mass is 204 g/mol. The first-order chi connectivity index (χ1) is 7.09. The highest BCUT2D eigenvalue weighted by Gasteiger charge is 2.25. The standard InChI is InChI=1S/C12H16N2O/c1-9-4-5-11(8-10(9)2)14-7-6-12(15)13(14)3/h4-5,8H,6-7H2,1-3H3. The molecule has 0 spiro atoms. The topological polar surface area (TPSA) is 23.6 Å². The number of nitrogens with zero attached hydrogens (tertiary/aromatic N) is 2. The molecule has 0 N–H and O–H groups in total. The number of hydrogen-bond donors (Lipinski definition) is 0. The van der Waals surface area contributed by atoms with Gasteiger partial charge in [-0.1, -0.05) is 6.07 Å². The number of carbonyl (C=O) groups excluding carboxylic acids is 1. The van der Waals surface area contributed by atoms with Crippen molar-refractivity contribution < 1.29 is 4.79 Å². The Labute approximate surface area is 90.3 Å². The van der Waals surface area contributed by atoms with Gasteiger partial charge in [0.05, 0.1) is 5.69 Å². The van der Waals surface area contributed by atoms with Crippen LogP contribution in [-0.2, 0) is 4.79 Å². The Morgan fingerprint density at radius 3 is 2.47 bits per heavy atom. The van der Waals surface area contributed by atoms with Gasteiger partial charge < -0.3 is 0 Å². The van der Waals surface area contributed by atoms with E-state index in [0.29, 0.717) is 6.42 Å². The first-order valence-electron chi connectivity index (χ1n) is 5.21. The minimum atomic E-state index is 0.188. The summed E-state index contributed by atoms with van der Waals surface area (Å²) >= 11 is 0. The van der Waals surface area contributed by atoms with E-state index in [-0.39, 0.29) is 5.91 Å². The van der Waals surface area contributed by atoms with Crippen molar-refractivity contribution in [3.8, 4) is 0 Å². The van der Waals surface area contributed by atoms with Crippen LogP contribution in [0.3, 0.4) is 0 Å². The van der Waals surface area contributed by atoms with Crippen molar-refractivity contribution in [1.82, 2.24) is 5.01 Å². The molecule has 1 amide bonds. The van der Waals surface area contributed by atoms with E-state index in [0.717, 1.165) is 12.2 Å². The van der Waals surface area contributed by atoms with Crippen LogP contribution >= 0.6 is 0 Å². The van der Waals surface area contributed by atoms with Crippen molar-refractivity contribution in [3.05, 3.63) is 29.3 Å². The Balaban J connectivity index is 2.30. The number of hydrazine groups is 1. The fourth-order valence-corrected chi connectivity index (χ4v) is 1.84. The van der Waals surface area contributed by atoms with Crippen molar-refractivity contribution in [2.24, 2.45) is 0 Å². The summed E-state index contributed by atoms with van der Waals surface area (Å²) in [5, 5.41) is 3.72. The lowest BCUT2D eigenvalue weighted by Gasteiger charge is -2.26. The smallest absolute Gasteiger partial charge is 0.242 e. The van der Waals surface area contributed by atoms with Crippen LogP contribution in [0.1, 0.15) is 17.5 Å². The lowest BCUT2D eigenvalue weighted by Crippen LogP contribution is -2.35. The molecule has 3 nitrogen and oxygen atoms in total. The number of amides is 1. The molecule has 1 aromatic carbocycles. The normalized spacial score (nSPS) is 16.3. The Morgan fingerprint density at radius 2 is 1.93 bits per heavy atom. The molecule has 0 bridgehead atoms. The summed E-state index contributed by atoms with van der Waals surface area (Å²) < 4.78 is 0. The Kier molecular flexibility index (Phi) is 2.39. The van der Waals surface area contributed by atoms with Gasteiger partial charge in [0, 0.05) is 20.0 Å². The Hall–Kier alpha value is -1.51. The third kappa shape index (κ3) is 1.69. The number of hydrogen-bond acceptors (Lipinski definition) is 2. The molecule has 0 radical (unpaired) electrons. The lowest BCUT2D eigenvalue weighted by molar-refractivity contribution is -0.126. The Morgan fingerprint density at radius 1 is 1.20 bits per heavy atom. The van der Waals surface area contributed by atoms with Crippen LogP contribution in [0.25, 0.3) is 0 Å². The molecule has 0 saturated carbocycles. The van der Waals surface area contributed by atoms with Crippen molar-refractivity contribution in [2.75, 3.05) is 18.6 Å². The van der Waals surface area contributed by atoms with Gasteiger partial charge in [-0.15, -0.1) is 0 Å². The van der Waals surface area contributed by atoms with Crippen LogP contribution in [0.2, 0.25) is 0 Å². The van der Waals surface area contributed by atoms with Gasteiger partial charge in [-0.05, 0) is 37.1 Å². The van der Waals surface area contributed by atoms with E-state index in [2.05, 4.69) is 32.0 Å². The molecular weight excluding hydrogens is 188 g/mol. The third-order valence-electron chi connectivity index (χ3n) is 3.05. The SMILES string of the molecule is Cc1ccc(N2CCC(=O)N2C)cc1C. The predicted molar refractivity (Wildman–Crippen MR) is 60.6 cm³/mol. The van der Waals surface area contributed by atoms with Crippen molar-refractivity contribution in [3.63, 3.8) is 0 Å². The number of anilines is 1. The van der Waals surface area contributed by atoms with Gasteiger partial charge in [-0.2, -0.15) is 0 Å². The maximum absolute atomic E-state index is 11.4. The zero-order valence-electron chi connectivity index (χ0n) is 9.45. The van der Waals surface area contributed by atoms with Crippen LogP contribution in [0, 0.1) is 13.8 Å². The highest BCUT2D eigenvalue weighted by molar-refractivity contribution is 5.81. The van der Waals surface area contributed by atoms with E-state index in [1.54, 1.807) is 5.01 Å². The van der Waals surface area contributed by atoms with E-state index in [1.165, 1.54) is 11.1 Å². The van der Waals surface area contributed by atoms with Crippen molar-refractivity contribution >= 4 is 11.6 Å². The molecule has 0 aliphatic carbocycles. The summed E-state index contributed by atoms with van der Waals surface area (Å²) in [7, 11) is 1.82. The zero-order valence-corrected chi connectivity index (χ0v) is 9.45. The fourth-order valence-electron chi connectivity index (χ4n) is 1.84. The molecular formula is C12H16N2O. The van der Waals surface area contributed by atoms with Crippen LogP contribution in [-0.4, -0.2) is 24.5 Å². The molecule has 1 heterocycles. The zero-order chi connectivity index (χ0) is 11.0. The van der Waals surface area contributed by atoms with E-state index in [1.807, 2.05) is 12.1 Å². The van der Waals surface area contributed by atoms with Crippen LogP contribution in [0.5, 0.6) is 0 Å². The molecule has 0 atom stereocenters. The van der Waals surface area contributed by atoms with Gasteiger partial charge >= 0.3 is 0 Å². The summed E-state index contributed by atoms with van der Waals surface area (Å²) in [6.45, 7) is 4.98. The fraction of sp³-hybridized carbons (Fsp3) is 0.417. The molecule has 80 valence electrons. The molecule has 0 aromatic heterocycles. The van der Waals surface area contributed by atoms with Gasteiger partial charge in [0.25, 0.3) is 0 Å². The van der Waals surface area contributed by atoms with E-state index in [9.17, 15) is 4.79 Å². The first-order valence-corrected chi connectivity index (χ1v) is 5.21. The van der Waals surface area contributed by atoms with E-state index in [4.69, 9.17) is 0 Å². The van der Waals surface area contributed by atoms with Gasteiger partial charge in [-0.25, -0.2) is 0 Å². The molecule has 3 heteroatoms. The average molecular weight is 204 g/mol. The van der Waals surface area contributed by atoms with Gasteiger partial charge in [0.2, 0.25) is 5.91 Å². The average Bonchev–Trinajstić information content (AvgIpc) is 2.53. The second-order valence-electron chi connectivity index (χ2n) is 4.06. The number of benzene rings is 1. The predicted octanol–water partition coefficient (Wildman–Crippen LogP) is 1.89.